The van der Waals surface area contributed by atoms with Crippen LogP contribution < -0.4 is 4.74 Å². The van der Waals surface area contributed by atoms with Gasteiger partial charge in [0, 0.05) is 6.07 Å². The van der Waals surface area contributed by atoms with Crippen molar-refractivity contribution >= 4 is 23.3 Å². The topological polar surface area (TPSA) is 78.7 Å². The predicted molar refractivity (Wildman–Crippen MR) is 80.2 cm³/mol. The standard InChI is InChI=1S/C15H12ClNO5/c1-21-15(18)10-4-2-5-11(8-10)22-9-12-13(16)6-3-7-14(12)17(19)20/h2-8H,9H2,1H3. The van der Waals surface area contributed by atoms with Crippen LogP contribution in [0.4, 0.5) is 5.69 Å². The minimum atomic E-state index is -0.518. The van der Waals surface area contributed by atoms with Crippen LogP contribution in [0, 0.1) is 10.1 Å². The largest absolute Gasteiger partial charge is 0.489 e. The van der Waals surface area contributed by atoms with Crippen LogP contribution in [-0.2, 0) is 11.3 Å². The second kappa shape index (κ2) is 6.91. The summed E-state index contributed by atoms with van der Waals surface area (Å²) in [5.74, 6) is -0.105. The summed E-state index contributed by atoms with van der Waals surface area (Å²) in [4.78, 5) is 21.9. The molecule has 0 atom stereocenters. The van der Waals surface area contributed by atoms with E-state index in [0.29, 0.717) is 11.3 Å². The molecule has 0 saturated carbocycles. The van der Waals surface area contributed by atoms with Crippen molar-refractivity contribution < 1.29 is 19.2 Å². The molecule has 0 saturated heterocycles. The predicted octanol–water partition coefficient (Wildman–Crippen LogP) is 3.61. The molecular weight excluding hydrogens is 310 g/mol. The van der Waals surface area contributed by atoms with E-state index in [-0.39, 0.29) is 22.9 Å². The fourth-order valence-electron chi connectivity index (χ4n) is 1.85. The van der Waals surface area contributed by atoms with E-state index in [4.69, 9.17) is 16.3 Å². The molecule has 0 fully saturated rings. The number of halogens is 1. The number of hydrogen-bond donors (Lipinski definition) is 0. The molecule has 0 aliphatic heterocycles. The van der Waals surface area contributed by atoms with Crippen LogP contribution in [0.2, 0.25) is 5.02 Å². The molecule has 2 rings (SSSR count). The Hall–Kier alpha value is -2.60. The number of nitrogens with zero attached hydrogens (tertiary/aromatic N) is 1. The number of benzene rings is 2. The zero-order valence-electron chi connectivity index (χ0n) is 11.6. The molecule has 0 unspecified atom stereocenters. The monoisotopic (exact) mass is 321 g/mol. The molecule has 0 radical (unpaired) electrons. The van der Waals surface area contributed by atoms with Gasteiger partial charge in [-0.1, -0.05) is 23.7 Å². The lowest BCUT2D eigenvalue weighted by Crippen LogP contribution is -2.04. The maximum atomic E-state index is 11.4. The van der Waals surface area contributed by atoms with Gasteiger partial charge in [-0.3, -0.25) is 10.1 Å². The third-order valence-electron chi connectivity index (χ3n) is 2.93. The Morgan fingerprint density at radius 1 is 1.27 bits per heavy atom. The molecule has 0 bridgehead atoms. The zero-order valence-corrected chi connectivity index (χ0v) is 12.4. The summed E-state index contributed by atoms with van der Waals surface area (Å²) >= 11 is 5.99. The van der Waals surface area contributed by atoms with Crippen molar-refractivity contribution in [3.05, 3.63) is 68.7 Å². The summed E-state index contributed by atoms with van der Waals surface area (Å²) < 4.78 is 10.1. The molecule has 22 heavy (non-hydrogen) atoms. The number of nitro benzene ring substituents is 1. The van der Waals surface area contributed by atoms with Gasteiger partial charge in [0.25, 0.3) is 5.69 Å². The minimum absolute atomic E-state index is 0.0827. The van der Waals surface area contributed by atoms with E-state index in [9.17, 15) is 14.9 Å². The lowest BCUT2D eigenvalue weighted by atomic mass is 10.2. The van der Waals surface area contributed by atoms with Crippen molar-refractivity contribution in [1.82, 2.24) is 0 Å². The summed E-state index contributed by atoms with van der Waals surface area (Å²) in [7, 11) is 1.28. The first-order chi connectivity index (χ1) is 10.5. The van der Waals surface area contributed by atoms with Gasteiger partial charge >= 0.3 is 5.97 Å². The van der Waals surface area contributed by atoms with Gasteiger partial charge in [-0.15, -0.1) is 0 Å². The second-order valence-electron chi connectivity index (χ2n) is 4.30. The van der Waals surface area contributed by atoms with E-state index in [2.05, 4.69) is 4.74 Å². The lowest BCUT2D eigenvalue weighted by Gasteiger charge is -2.09. The second-order valence-corrected chi connectivity index (χ2v) is 4.71. The van der Waals surface area contributed by atoms with E-state index in [1.54, 1.807) is 24.3 Å². The molecule has 7 heteroatoms. The van der Waals surface area contributed by atoms with E-state index in [1.807, 2.05) is 0 Å². The quantitative estimate of drug-likeness (QED) is 0.477. The van der Waals surface area contributed by atoms with Gasteiger partial charge in [-0.05, 0) is 24.3 Å². The fraction of sp³-hybridized carbons (Fsp3) is 0.133. The van der Waals surface area contributed by atoms with Gasteiger partial charge in [0.2, 0.25) is 0 Å². The molecule has 6 nitrogen and oxygen atoms in total. The molecule has 0 aliphatic carbocycles. The molecular formula is C15H12ClNO5. The van der Waals surface area contributed by atoms with Gasteiger partial charge < -0.3 is 9.47 Å². The Morgan fingerprint density at radius 3 is 2.68 bits per heavy atom. The normalized spacial score (nSPS) is 10.1. The van der Waals surface area contributed by atoms with Gasteiger partial charge in [0.15, 0.2) is 0 Å². The molecule has 0 amide bonds. The van der Waals surface area contributed by atoms with Crippen LogP contribution in [0.5, 0.6) is 5.75 Å². The molecule has 2 aromatic rings. The maximum absolute atomic E-state index is 11.4. The summed E-state index contributed by atoms with van der Waals surface area (Å²) in [6.45, 7) is -0.0827. The van der Waals surface area contributed by atoms with Crippen molar-refractivity contribution in [3.63, 3.8) is 0 Å². The van der Waals surface area contributed by atoms with Crippen LogP contribution in [0.25, 0.3) is 0 Å². The first kappa shape index (κ1) is 15.8. The van der Waals surface area contributed by atoms with Crippen molar-refractivity contribution in [2.24, 2.45) is 0 Å². The Balaban J connectivity index is 2.21. The molecule has 0 heterocycles. The van der Waals surface area contributed by atoms with Crippen molar-refractivity contribution in [3.8, 4) is 5.75 Å². The molecule has 0 spiro atoms. The fourth-order valence-corrected chi connectivity index (χ4v) is 2.07. The van der Waals surface area contributed by atoms with Gasteiger partial charge in [-0.2, -0.15) is 0 Å². The summed E-state index contributed by atoms with van der Waals surface area (Å²) in [6, 6.07) is 10.7. The highest BCUT2D eigenvalue weighted by Crippen LogP contribution is 2.27. The van der Waals surface area contributed by atoms with Crippen molar-refractivity contribution in [1.29, 1.82) is 0 Å². The first-order valence-electron chi connectivity index (χ1n) is 6.26. The number of carbonyl (C=O) groups is 1. The van der Waals surface area contributed by atoms with Gasteiger partial charge in [0.05, 0.1) is 28.2 Å². The van der Waals surface area contributed by atoms with Crippen LogP contribution in [-0.4, -0.2) is 18.0 Å². The van der Waals surface area contributed by atoms with Crippen LogP contribution in [0.1, 0.15) is 15.9 Å². The average molecular weight is 322 g/mol. The number of carbonyl (C=O) groups excluding carboxylic acids is 1. The number of hydrogen-bond acceptors (Lipinski definition) is 5. The first-order valence-corrected chi connectivity index (χ1v) is 6.63. The molecule has 114 valence electrons. The number of esters is 1. The van der Waals surface area contributed by atoms with Crippen molar-refractivity contribution in [2.45, 2.75) is 6.61 Å². The molecule has 0 aliphatic rings. The van der Waals surface area contributed by atoms with E-state index >= 15 is 0 Å². The Labute approximate surface area is 131 Å². The molecule has 0 N–H and O–H groups in total. The Bertz CT molecular complexity index is 717. The van der Waals surface area contributed by atoms with Crippen molar-refractivity contribution in [2.75, 3.05) is 7.11 Å². The van der Waals surface area contributed by atoms with E-state index < -0.39 is 10.9 Å². The number of ether oxygens (including phenoxy) is 2. The van der Waals surface area contributed by atoms with E-state index in [0.717, 1.165) is 0 Å². The lowest BCUT2D eigenvalue weighted by molar-refractivity contribution is -0.385. The van der Waals surface area contributed by atoms with Gasteiger partial charge in [0.1, 0.15) is 12.4 Å². The van der Waals surface area contributed by atoms with Crippen LogP contribution in [0.3, 0.4) is 0 Å². The van der Waals surface area contributed by atoms with E-state index in [1.165, 1.54) is 25.3 Å². The Kier molecular flexibility index (Phi) is 4.95. The molecule has 0 aromatic heterocycles. The highest BCUT2D eigenvalue weighted by atomic mass is 35.5. The summed E-state index contributed by atoms with van der Waals surface area (Å²) in [6.07, 6.45) is 0. The molecule has 2 aromatic carbocycles. The van der Waals surface area contributed by atoms with Crippen LogP contribution in [0.15, 0.2) is 42.5 Å². The average Bonchev–Trinajstić information content (AvgIpc) is 2.52. The zero-order chi connectivity index (χ0) is 16.1. The highest BCUT2D eigenvalue weighted by Gasteiger charge is 2.17. The number of rotatable bonds is 5. The third kappa shape index (κ3) is 3.53. The minimum Gasteiger partial charge on any atom is -0.489 e. The summed E-state index contributed by atoms with van der Waals surface area (Å²) in [5, 5.41) is 11.2. The van der Waals surface area contributed by atoms with Crippen LogP contribution >= 0.6 is 11.6 Å². The Morgan fingerprint density at radius 2 is 2.00 bits per heavy atom. The highest BCUT2D eigenvalue weighted by molar-refractivity contribution is 6.31. The van der Waals surface area contributed by atoms with Gasteiger partial charge in [-0.25, -0.2) is 4.79 Å². The number of nitro groups is 1. The SMILES string of the molecule is COC(=O)c1cccc(OCc2c(Cl)cccc2[N+](=O)[O-])c1. The summed E-state index contributed by atoms with van der Waals surface area (Å²) in [5.41, 5.74) is 0.489. The smallest absolute Gasteiger partial charge is 0.337 e. The third-order valence-corrected chi connectivity index (χ3v) is 3.28. The number of methoxy groups -OCH3 is 1. The maximum Gasteiger partial charge on any atom is 0.337 e.